The zero-order chi connectivity index (χ0) is 16.7. The van der Waals surface area contributed by atoms with Gasteiger partial charge in [-0.05, 0) is 35.9 Å². The molecule has 0 unspecified atom stereocenters. The molecule has 0 aromatic heterocycles. The van der Waals surface area contributed by atoms with Crippen LogP contribution in [0.2, 0.25) is 5.02 Å². The van der Waals surface area contributed by atoms with Gasteiger partial charge < -0.3 is 10.2 Å². The standard InChI is InChI=1S/C17H13ClN2O3/c18-15-10-14(7-8-16(15)22)17(23)20-19-11-13-5-3-12(4-6-13)2-1-9-21/h3-8,10-11,21-22H,9H2,(H,20,23). The molecule has 1 amide bonds. The molecule has 0 bridgehead atoms. The molecule has 2 aromatic carbocycles. The zero-order valence-corrected chi connectivity index (χ0v) is 12.7. The molecule has 0 spiro atoms. The monoisotopic (exact) mass is 328 g/mol. The minimum atomic E-state index is -0.436. The van der Waals surface area contributed by atoms with E-state index in [0.29, 0.717) is 5.56 Å². The third-order valence-electron chi connectivity index (χ3n) is 2.81. The van der Waals surface area contributed by atoms with Crippen LogP contribution in [-0.4, -0.2) is 28.9 Å². The zero-order valence-electron chi connectivity index (χ0n) is 12.0. The number of rotatable bonds is 3. The molecule has 0 aliphatic rings. The van der Waals surface area contributed by atoms with Gasteiger partial charge in [0.05, 0.1) is 11.2 Å². The van der Waals surface area contributed by atoms with Crippen molar-refractivity contribution in [1.82, 2.24) is 5.43 Å². The Morgan fingerprint density at radius 3 is 2.65 bits per heavy atom. The van der Waals surface area contributed by atoms with Gasteiger partial charge in [-0.1, -0.05) is 35.6 Å². The summed E-state index contributed by atoms with van der Waals surface area (Å²) in [5.74, 6) is 4.81. The van der Waals surface area contributed by atoms with Crippen LogP contribution in [0.25, 0.3) is 0 Å². The Kier molecular flexibility index (Phi) is 5.75. The molecule has 0 saturated heterocycles. The van der Waals surface area contributed by atoms with Crippen LogP contribution in [0.4, 0.5) is 0 Å². The topological polar surface area (TPSA) is 81.9 Å². The number of hydrogen-bond donors (Lipinski definition) is 3. The van der Waals surface area contributed by atoms with Gasteiger partial charge in [0.1, 0.15) is 12.4 Å². The fourth-order valence-corrected chi connectivity index (χ4v) is 1.85. The van der Waals surface area contributed by atoms with E-state index in [2.05, 4.69) is 22.4 Å². The Morgan fingerprint density at radius 1 is 1.26 bits per heavy atom. The molecule has 0 atom stereocenters. The number of benzene rings is 2. The molecular weight excluding hydrogens is 316 g/mol. The number of halogens is 1. The van der Waals surface area contributed by atoms with Crippen molar-refractivity contribution in [3.8, 4) is 17.6 Å². The second-order valence-electron chi connectivity index (χ2n) is 4.45. The van der Waals surface area contributed by atoms with E-state index in [9.17, 15) is 9.90 Å². The number of nitrogens with zero attached hydrogens (tertiary/aromatic N) is 1. The molecule has 6 heteroatoms. The third-order valence-corrected chi connectivity index (χ3v) is 3.11. The summed E-state index contributed by atoms with van der Waals surface area (Å²) in [7, 11) is 0. The second kappa shape index (κ2) is 7.99. The van der Waals surface area contributed by atoms with Crippen LogP contribution in [-0.2, 0) is 0 Å². The maximum absolute atomic E-state index is 11.9. The van der Waals surface area contributed by atoms with Gasteiger partial charge in [0.25, 0.3) is 5.91 Å². The van der Waals surface area contributed by atoms with E-state index in [0.717, 1.165) is 11.1 Å². The van der Waals surface area contributed by atoms with Crippen LogP contribution in [0.5, 0.6) is 5.75 Å². The number of carbonyl (C=O) groups is 1. The normalized spacial score (nSPS) is 10.2. The van der Waals surface area contributed by atoms with Gasteiger partial charge >= 0.3 is 0 Å². The van der Waals surface area contributed by atoms with Crippen LogP contribution < -0.4 is 5.43 Å². The first-order chi connectivity index (χ1) is 11.1. The van der Waals surface area contributed by atoms with E-state index in [1.54, 1.807) is 24.3 Å². The minimum Gasteiger partial charge on any atom is -0.506 e. The van der Waals surface area contributed by atoms with E-state index in [1.807, 2.05) is 0 Å². The van der Waals surface area contributed by atoms with Crippen molar-refractivity contribution in [1.29, 1.82) is 0 Å². The number of hydrazone groups is 1. The Hall–Kier alpha value is -2.81. The van der Waals surface area contributed by atoms with Gasteiger partial charge in [-0.25, -0.2) is 5.43 Å². The number of carbonyl (C=O) groups excluding carboxylic acids is 1. The van der Waals surface area contributed by atoms with Crippen molar-refractivity contribution < 1.29 is 15.0 Å². The number of hydrogen-bond acceptors (Lipinski definition) is 4. The number of nitrogens with one attached hydrogen (secondary N) is 1. The van der Waals surface area contributed by atoms with Gasteiger partial charge in [-0.2, -0.15) is 5.10 Å². The molecule has 0 saturated carbocycles. The summed E-state index contributed by atoms with van der Waals surface area (Å²) >= 11 is 5.74. The molecule has 0 radical (unpaired) electrons. The summed E-state index contributed by atoms with van der Waals surface area (Å²) in [5.41, 5.74) is 4.22. The molecule has 2 aromatic rings. The SMILES string of the molecule is O=C(NN=Cc1ccc(C#CCO)cc1)c1ccc(O)c(Cl)c1. The second-order valence-corrected chi connectivity index (χ2v) is 4.85. The minimum absolute atomic E-state index is 0.0869. The summed E-state index contributed by atoms with van der Waals surface area (Å²) in [6.45, 7) is -0.184. The summed E-state index contributed by atoms with van der Waals surface area (Å²) in [6.07, 6.45) is 1.49. The van der Waals surface area contributed by atoms with E-state index in [4.69, 9.17) is 16.7 Å². The summed E-state index contributed by atoms with van der Waals surface area (Å²) < 4.78 is 0. The number of aromatic hydroxyl groups is 1. The summed E-state index contributed by atoms with van der Waals surface area (Å²) in [5, 5.41) is 21.9. The van der Waals surface area contributed by atoms with E-state index >= 15 is 0 Å². The highest BCUT2D eigenvalue weighted by Gasteiger charge is 2.07. The van der Waals surface area contributed by atoms with E-state index in [-0.39, 0.29) is 17.4 Å². The van der Waals surface area contributed by atoms with Crippen molar-refractivity contribution in [2.24, 2.45) is 5.10 Å². The molecular formula is C17H13ClN2O3. The molecule has 0 aliphatic heterocycles. The highest BCUT2D eigenvalue weighted by Crippen LogP contribution is 2.23. The molecule has 23 heavy (non-hydrogen) atoms. The van der Waals surface area contributed by atoms with Crippen molar-refractivity contribution in [2.45, 2.75) is 0 Å². The van der Waals surface area contributed by atoms with Gasteiger partial charge in [-0.3, -0.25) is 4.79 Å². The third kappa shape index (κ3) is 4.85. The Morgan fingerprint density at radius 2 is 2.00 bits per heavy atom. The molecule has 5 nitrogen and oxygen atoms in total. The molecule has 0 heterocycles. The Balaban J connectivity index is 1.98. The van der Waals surface area contributed by atoms with Crippen molar-refractivity contribution >= 4 is 23.7 Å². The van der Waals surface area contributed by atoms with E-state index < -0.39 is 5.91 Å². The van der Waals surface area contributed by atoms with Crippen molar-refractivity contribution in [2.75, 3.05) is 6.61 Å². The maximum atomic E-state index is 11.9. The van der Waals surface area contributed by atoms with Crippen LogP contribution >= 0.6 is 11.6 Å². The fourth-order valence-electron chi connectivity index (χ4n) is 1.67. The van der Waals surface area contributed by atoms with Crippen LogP contribution in [0.1, 0.15) is 21.5 Å². The highest BCUT2D eigenvalue weighted by molar-refractivity contribution is 6.32. The first-order valence-corrected chi connectivity index (χ1v) is 6.99. The van der Waals surface area contributed by atoms with Crippen molar-refractivity contribution in [3.05, 3.63) is 64.2 Å². The number of amides is 1. The predicted molar refractivity (Wildman–Crippen MR) is 88.6 cm³/mol. The number of phenolic OH excluding ortho intramolecular Hbond substituents is 1. The van der Waals surface area contributed by atoms with Crippen LogP contribution in [0.15, 0.2) is 47.6 Å². The van der Waals surface area contributed by atoms with Crippen molar-refractivity contribution in [3.63, 3.8) is 0 Å². The molecule has 3 N–H and O–H groups in total. The lowest BCUT2D eigenvalue weighted by Crippen LogP contribution is -2.17. The number of phenols is 1. The Bertz CT molecular complexity index is 790. The summed E-state index contributed by atoms with van der Waals surface area (Å²) in [4.78, 5) is 11.9. The van der Waals surface area contributed by atoms with Gasteiger partial charge in [0.2, 0.25) is 0 Å². The lowest BCUT2D eigenvalue weighted by atomic mass is 10.1. The van der Waals surface area contributed by atoms with Gasteiger partial charge in [0.15, 0.2) is 0 Å². The fraction of sp³-hybridized carbons (Fsp3) is 0.0588. The van der Waals surface area contributed by atoms with Crippen LogP contribution in [0.3, 0.4) is 0 Å². The predicted octanol–water partition coefficient (Wildman–Crippen LogP) is 2.15. The van der Waals surface area contributed by atoms with Gasteiger partial charge in [0, 0.05) is 11.1 Å². The molecule has 0 fully saturated rings. The smallest absolute Gasteiger partial charge is 0.271 e. The molecule has 2 rings (SSSR count). The highest BCUT2D eigenvalue weighted by atomic mass is 35.5. The molecule has 116 valence electrons. The van der Waals surface area contributed by atoms with E-state index in [1.165, 1.54) is 24.4 Å². The first kappa shape index (κ1) is 16.6. The average molecular weight is 329 g/mol. The lowest BCUT2D eigenvalue weighted by molar-refractivity contribution is 0.0955. The number of aliphatic hydroxyl groups excluding tert-OH is 1. The lowest BCUT2D eigenvalue weighted by Gasteiger charge is -2.02. The quantitative estimate of drug-likeness (QED) is 0.459. The Labute approximate surface area is 138 Å². The largest absolute Gasteiger partial charge is 0.506 e. The molecule has 0 aliphatic carbocycles. The maximum Gasteiger partial charge on any atom is 0.271 e. The van der Waals surface area contributed by atoms with Crippen LogP contribution in [0, 0.1) is 11.8 Å². The summed E-state index contributed by atoms with van der Waals surface area (Å²) in [6, 6.07) is 11.3. The first-order valence-electron chi connectivity index (χ1n) is 6.62. The van der Waals surface area contributed by atoms with Gasteiger partial charge in [-0.15, -0.1) is 0 Å². The average Bonchev–Trinajstić information content (AvgIpc) is 2.56. The number of aliphatic hydroxyl groups is 1.